The SMILES string of the molecule is COc1ccc(-c2cc3nc4c(c(=O)n3[nH]2)CN(C(=O)NCc2cccc(F)c2)CC4)cc1. The van der Waals surface area contributed by atoms with E-state index in [0.29, 0.717) is 35.4 Å². The van der Waals surface area contributed by atoms with E-state index in [1.165, 1.54) is 16.6 Å². The van der Waals surface area contributed by atoms with Crippen LogP contribution < -0.4 is 15.6 Å². The Labute approximate surface area is 188 Å². The van der Waals surface area contributed by atoms with E-state index in [0.717, 1.165) is 17.0 Å². The minimum absolute atomic E-state index is 0.163. The Bertz CT molecular complexity index is 1390. The van der Waals surface area contributed by atoms with Gasteiger partial charge in [-0.2, -0.15) is 0 Å². The number of carbonyl (C=O) groups is 1. The molecule has 8 nitrogen and oxygen atoms in total. The van der Waals surface area contributed by atoms with Crippen molar-refractivity contribution in [2.45, 2.75) is 19.5 Å². The maximum Gasteiger partial charge on any atom is 0.317 e. The number of nitrogens with one attached hydrogen (secondary N) is 2. The molecule has 2 N–H and O–H groups in total. The molecule has 5 rings (SSSR count). The average Bonchev–Trinajstić information content (AvgIpc) is 3.27. The maximum absolute atomic E-state index is 13.4. The molecule has 1 aliphatic heterocycles. The van der Waals surface area contributed by atoms with E-state index in [-0.39, 0.29) is 30.5 Å². The standard InChI is InChI=1S/C24H22FN5O3/c1-33-18-7-5-16(6-8-18)21-12-22-27-20-9-10-29(14-19(20)23(31)30(22)28-21)24(32)26-13-15-3-2-4-17(25)11-15/h2-8,11-12,28H,9-10,13-14H2,1H3,(H,26,32). The number of hydrogen-bond donors (Lipinski definition) is 2. The summed E-state index contributed by atoms with van der Waals surface area (Å²) in [6.45, 7) is 0.814. The van der Waals surface area contributed by atoms with Crippen LogP contribution in [0.5, 0.6) is 5.75 Å². The number of hydrogen-bond acceptors (Lipinski definition) is 4. The van der Waals surface area contributed by atoms with Gasteiger partial charge in [0.15, 0.2) is 5.65 Å². The van der Waals surface area contributed by atoms with Crippen LogP contribution in [0.2, 0.25) is 0 Å². The third-order valence-electron chi connectivity index (χ3n) is 5.78. The van der Waals surface area contributed by atoms with Crippen molar-refractivity contribution in [3.8, 4) is 17.0 Å². The lowest BCUT2D eigenvalue weighted by molar-refractivity contribution is 0.191. The van der Waals surface area contributed by atoms with Crippen molar-refractivity contribution in [3.05, 3.63) is 87.6 Å². The quantitative estimate of drug-likeness (QED) is 0.503. The molecule has 0 unspecified atom stereocenters. The van der Waals surface area contributed by atoms with Crippen molar-refractivity contribution in [2.24, 2.45) is 0 Å². The van der Waals surface area contributed by atoms with Gasteiger partial charge in [0.05, 0.1) is 30.6 Å². The van der Waals surface area contributed by atoms with E-state index in [1.807, 2.05) is 30.3 Å². The second-order valence-corrected chi connectivity index (χ2v) is 7.89. The van der Waals surface area contributed by atoms with Gasteiger partial charge in [0.2, 0.25) is 0 Å². The van der Waals surface area contributed by atoms with Crippen LogP contribution in [0, 0.1) is 5.82 Å². The molecule has 0 bridgehead atoms. The highest BCUT2D eigenvalue weighted by Gasteiger charge is 2.25. The van der Waals surface area contributed by atoms with E-state index < -0.39 is 0 Å². The number of nitrogens with zero attached hydrogens (tertiary/aromatic N) is 3. The number of benzene rings is 2. The van der Waals surface area contributed by atoms with Crippen LogP contribution in [0.1, 0.15) is 16.8 Å². The summed E-state index contributed by atoms with van der Waals surface area (Å²) >= 11 is 0. The number of carbonyl (C=O) groups excluding carboxylic acids is 1. The summed E-state index contributed by atoms with van der Waals surface area (Å²) in [5, 5.41) is 5.90. The van der Waals surface area contributed by atoms with Gasteiger partial charge in [0, 0.05) is 25.6 Å². The molecule has 0 atom stereocenters. The number of halogens is 1. The lowest BCUT2D eigenvalue weighted by atomic mass is 10.1. The summed E-state index contributed by atoms with van der Waals surface area (Å²) in [6.07, 6.45) is 0.484. The molecule has 2 amide bonds. The van der Waals surface area contributed by atoms with E-state index in [4.69, 9.17) is 4.74 Å². The summed E-state index contributed by atoms with van der Waals surface area (Å²) in [5.41, 5.74) is 3.83. The van der Waals surface area contributed by atoms with Crippen LogP contribution in [0.25, 0.3) is 16.9 Å². The van der Waals surface area contributed by atoms with Crippen molar-refractivity contribution in [1.29, 1.82) is 0 Å². The maximum atomic E-state index is 13.4. The smallest absolute Gasteiger partial charge is 0.317 e. The molecule has 1 aliphatic rings. The Kier molecular flexibility index (Phi) is 5.29. The number of aromatic nitrogens is 3. The first kappa shape index (κ1) is 20.7. The molecule has 3 heterocycles. The molecule has 168 valence electrons. The van der Waals surface area contributed by atoms with E-state index in [1.54, 1.807) is 24.1 Å². The highest BCUT2D eigenvalue weighted by Crippen LogP contribution is 2.23. The average molecular weight is 447 g/mol. The molecule has 0 saturated carbocycles. The molecule has 9 heteroatoms. The molecular formula is C24H22FN5O3. The predicted octanol–water partition coefficient (Wildman–Crippen LogP) is 3.11. The Morgan fingerprint density at radius 1 is 1.21 bits per heavy atom. The fourth-order valence-electron chi connectivity index (χ4n) is 4.01. The van der Waals surface area contributed by atoms with Crippen molar-refractivity contribution in [2.75, 3.05) is 13.7 Å². The number of fused-ring (bicyclic) bond motifs is 2. The molecule has 33 heavy (non-hydrogen) atoms. The number of methoxy groups -OCH3 is 1. The van der Waals surface area contributed by atoms with Gasteiger partial charge in [-0.15, -0.1) is 0 Å². The minimum Gasteiger partial charge on any atom is -0.497 e. The number of urea groups is 1. The van der Waals surface area contributed by atoms with Crippen LogP contribution >= 0.6 is 0 Å². The first-order valence-electron chi connectivity index (χ1n) is 10.6. The number of aromatic amines is 1. The lowest BCUT2D eigenvalue weighted by Crippen LogP contribution is -2.44. The summed E-state index contributed by atoms with van der Waals surface area (Å²) < 4.78 is 20.0. The Morgan fingerprint density at radius 3 is 2.79 bits per heavy atom. The van der Waals surface area contributed by atoms with Gasteiger partial charge < -0.3 is 15.0 Å². The third kappa shape index (κ3) is 4.05. The highest BCUT2D eigenvalue weighted by atomic mass is 19.1. The molecular weight excluding hydrogens is 425 g/mol. The molecule has 0 saturated heterocycles. The van der Waals surface area contributed by atoms with Crippen LogP contribution in [-0.4, -0.2) is 39.2 Å². The second kappa shape index (κ2) is 8.42. The second-order valence-electron chi connectivity index (χ2n) is 7.89. The van der Waals surface area contributed by atoms with E-state index >= 15 is 0 Å². The zero-order valence-electron chi connectivity index (χ0n) is 18.0. The van der Waals surface area contributed by atoms with Gasteiger partial charge in [0.1, 0.15) is 11.6 Å². The first-order valence-corrected chi connectivity index (χ1v) is 10.6. The summed E-state index contributed by atoms with van der Waals surface area (Å²) in [7, 11) is 1.61. The topological polar surface area (TPSA) is 91.7 Å². The molecule has 0 aliphatic carbocycles. The first-order chi connectivity index (χ1) is 16.0. The Balaban J connectivity index is 1.36. The zero-order chi connectivity index (χ0) is 22.9. The van der Waals surface area contributed by atoms with E-state index in [2.05, 4.69) is 15.4 Å². The molecule has 4 aromatic rings. The molecule has 2 aromatic carbocycles. The summed E-state index contributed by atoms with van der Waals surface area (Å²) in [6, 6.07) is 15.1. The molecule has 0 spiro atoms. The van der Waals surface area contributed by atoms with Crippen molar-refractivity contribution >= 4 is 11.7 Å². The van der Waals surface area contributed by atoms with Crippen LogP contribution in [0.3, 0.4) is 0 Å². The number of amides is 2. The largest absolute Gasteiger partial charge is 0.497 e. The van der Waals surface area contributed by atoms with Gasteiger partial charge in [-0.25, -0.2) is 18.7 Å². The highest BCUT2D eigenvalue weighted by molar-refractivity contribution is 5.74. The van der Waals surface area contributed by atoms with Gasteiger partial charge in [-0.3, -0.25) is 9.89 Å². The predicted molar refractivity (Wildman–Crippen MR) is 121 cm³/mol. The van der Waals surface area contributed by atoms with Crippen molar-refractivity contribution in [3.63, 3.8) is 0 Å². The summed E-state index contributed by atoms with van der Waals surface area (Å²) in [4.78, 5) is 32.1. The number of rotatable bonds is 4. The molecule has 2 aromatic heterocycles. The van der Waals surface area contributed by atoms with Gasteiger partial charge >= 0.3 is 6.03 Å². The Morgan fingerprint density at radius 2 is 2.03 bits per heavy atom. The fraction of sp³-hybridized carbons (Fsp3) is 0.208. The van der Waals surface area contributed by atoms with Crippen LogP contribution in [0.4, 0.5) is 9.18 Å². The van der Waals surface area contributed by atoms with Crippen LogP contribution in [-0.2, 0) is 19.5 Å². The fourth-order valence-corrected chi connectivity index (χ4v) is 4.01. The number of H-pyrrole nitrogens is 1. The monoisotopic (exact) mass is 447 g/mol. The van der Waals surface area contributed by atoms with Crippen molar-refractivity contribution in [1.82, 2.24) is 24.8 Å². The zero-order valence-corrected chi connectivity index (χ0v) is 18.0. The van der Waals surface area contributed by atoms with Gasteiger partial charge in [-0.1, -0.05) is 12.1 Å². The Hall–Kier alpha value is -4.14. The summed E-state index contributed by atoms with van der Waals surface area (Å²) in [5.74, 6) is 0.396. The molecule has 0 radical (unpaired) electrons. The van der Waals surface area contributed by atoms with E-state index in [9.17, 15) is 14.0 Å². The van der Waals surface area contributed by atoms with Crippen LogP contribution in [0.15, 0.2) is 59.4 Å². The normalized spacial score (nSPS) is 13.1. The van der Waals surface area contributed by atoms with Gasteiger partial charge in [-0.05, 0) is 47.5 Å². The minimum atomic E-state index is -0.350. The lowest BCUT2D eigenvalue weighted by Gasteiger charge is -2.27. The number of ether oxygens (including phenoxy) is 1. The van der Waals surface area contributed by atoms with Gasteiger partial charge in [0.25, 0.3) is 5.56 Å². The molecule has 0 fully saturated rings. The van der Waals surface area contributed by atoms with Crippen molar-refractivity contribution < 1.29 is 13.9 Å². The third-order valence-corrected chi connectivity index (χ3v) is 5.78.